The van der Waals surface area contributed by atoms with Crippen LogP contribution in [-0.4, -0.2) is 43.3 Å². The molecule has 0 spiro atoms. The fraction of sp³-hybridized carbons (Fsp3) is 0.526. The van der Waals surface area contributed by atoms with Crippen LogP contribution in [0.15, 0.2) is 30.3 Å². The number of benzene rings is 1. The number of aryl methyl sites for hydroxylation is 1. The average Bonchev–Trinajstić information content (AvgIpc) is 2.57. The van der Waals surface area contributed by atoms with E-state index >= 15 is 0 Å². The van der Waals surface area contributed by atoms with E-state index in [9.17, 15) is 14.4 Å². The normalized spacial score (nSPS) is 12.0. The van der Waals surface area contributed by atoms with Gasteiger partial charge in [-0.15, -0.1) is 0 Å². The second-order valence-electron chi connectivity index (χ2n) is 6.92. The van der Waals surface area contributed by atoms with Crippen LogP contribution >= 0.6 is 0 Å². The molecule has 1 aromatic carbocycles. The van der Waals surface area contributed by atoms with Crippen LogP contribution in [0.1, 0.15) is 39.2 Å². The van der Waals surface area contributed by atoms with Gasteiger partial charge in [-0.25, -0.2) is 4.79 Å². The number of ether oxygens (including phenoxy) is 2. The van der Waals surface area contributed by atoms with Crippen LogP contribution in [0.5, 0.6) is 0 Å². The molecule has 2 amide bonds. The first-order chi connectivity index (χ1) is 12.2. The predicted octanol–water partition coefficient (Wildman–Crippen LogP) is 2.19. The van der Waals surface area contributed by atoms with Gasteiger partial charge in [-0.05, 0) is 39.2 Å². The lowest BCUT2D eigenvalue weighted by molar-refractivity contribution is -0.141. The van der Waals surface area contributed by atoms with Gasteiger partial charge >= 0.3 is 12.1 Å². The number of hydrogen-bond acceptors (Lipinski definition) is 5. The molecule has 0 saturated heterocycles. The number of carbonyl (C=O) groups is 3. The highest BCUT2D eigenvalue weighted by Crippen LogP contribution is 2.08. The van der Waals surface area contributed by atoms with Gasteiger partial charge in [0.05, 0.1) is 13.5 Å². The van der Waals surface area contributed by atoms with Crippen molar-refractivity contribution in [1.82, 2.24) is 10.6 Å². The quantitative estimate of drug-likeness (QED) is 0.690. The summed E-state index contributed by atoms with van der Waals surface area (Å²) in [6.07, 6.45) is 0.697. The molecule has 0 aliphatic carbocycles. The third-order valence-electron chi connectivity index (χ3n) is 3.42. The zero-order valence-corrected chi connectivity index (χ0v) is 15.8. The molecule has 1 rings (SSSR count). The summed E-state index contributed by atoms with van der Waals surface area (Å²) in [4.78, 5) is 35.2. The van der Waals surface area contributed by atoms with Gasteiger partial charge in [0.1, 0.15) is 12.1 Å². The van der Waals surface area contributed by atoms with E-state index in [2.05, 4.69) is 15.4 Å². The third-order valence-corrected chi connectivity index (χ3v) is 3.42. The van der Waals surface area contributed by atoms with Gasteiger partial charge in [0.15, 0.2) is 0 Å². The van der Waals surface area contributed by atoms with E-state index in [0.29, 0.717) is 12.8 Å². The minimum atomic E-state index is -0.665. The van der Waals surface area contributed by atoms with Crippen LogP contribution < -0.4 is 10.6 Å². The maximum atomic E-state index is 12.1. The second-order valence-corrected chi connectivity index (χ2v) is 6.92. The molecule has 0 aliphatic rings. The molecule has 0 bridgehead atoms. The van der Waals surface area contributed by atoms with Crippen molar-refractivity contribution in [3.05, 3.63) is 35.9 Å². The fourth-order valence-corrected chi connectivity index (χ4v) is 2.24. The molecule has 1 aromatic rings. The number of methoxy groups -OCH3 is 1. The minimum absolute atomic E-state index is 0.0709. The van der Waals surface area contributed by atoms with Crippen molar-refractivity contribution in [1.29, 1.82) is 0 Å². The van der Waals surface area contributed by atoms with Gasteiger partial charge in [-0.1, -0.05) is 30.3 Å². The summed E-state index contributed by atoms with van der Waals surface area (Å²) in [6, 6.07) is 9.40. The summed E-state index contributed by atoms with van der Waals surface area (Å²) in [6.45, 7) is 4.99. The Morgan fingerprint density at radius 2 is 1.77 bits per heavy atom. The van der Waals surface area contributed by atoms with E-state index in [1.54, 1.807) is 20.8 Å². The van der Waals surface area contributed by atoms with Crippen molar-refractivity contribution in [3.8, 4) is 0 Å². The standard InChI is InChI=1S/C19H28N2O5/c1-19(2,3)26-18(24)20-13-16(22)21-15(12-17(23)25-4)11-10-14-8-6-5-7-9-14/h5-9,15H,10-13H2,1-4H3,(H,20,24)(H,21,22)/t15-/m1/s1. The zero-order chi connectivity index (χ0) is 19.6. The Labute approximate surface area is 154 Å². The first-order valence-electron chi connectivity index (χ1n) is 8.56. The summed E-state index contributed by atoms with van der Waals surface area (Å²) < 4.78 is 9.76. The highest BCUT2D eigenvalue weighted by Gasteiger charge is 2.19. The summed E-state index contributed by atoms with van der Waals surface area (Å²) in [5, 5.41) is 5.16. The third kappa shape index (κ3) is 9.66. The van der Waals surface area contributed by atoms with Crippen molar-refractivity contribution in [2.45, 2.75) is 51.7 Å². The highest BCUT2D eigenvalue weighted by atomic mass is 16.6. The second kappa shape index (κ2) is 10.4. The van der Waals surface area contributed by atoms with Gasteiger partial charge in [-0.3, -0.25) is 9.59 Å². The number of alkyl carbamates (subject to hydrolysis) is 1. The van der Waals surface area contributed by atoms with Crippen molar-refractivity contribution < 1.29 is 23.9 Å². The summed E-state index contributed by atoms with van der Waals surface area (Å²) in [7, 11) is 1.31. The van der Waals surface area contributed by atoms with Crippen molar-refractivity contribution in [3.63, 3.8) is 0 Å². The van der Waals surface area contributed by atoms with Crippen LogP contribution in [0.25, 0.3) is 0 Å². The number of hydrogen-bond donors (Lipinski definition) is 2. The maximum Gasteiger partial charge on any atom is 0.408 e. The van der Waals surface area contributed by atoms with E-state index in [1.807, 2.05) is 30.3 Å². The molecule has 144 valence electrons. The van der Waals surface area contributed by atoms with Crippen LogP contribution in [0.4, 0.5) is 4.79 Å². The lowest BCUT2D eigenvalue weighted by Crippen LogP contribution is -2.44. The number of nitrogens with one attached hydrogen (secondary N) is 2. The Morgan fingerprint density at radius 3 is 2.35 bits per heavy atom. The van der Waals surface area contributed by atoms with Crippen molar-refractivity contribution >= 4 is 18.0 Å². The predicted molar refractivity (Wildman–Crippen MR) is 97.6 cm³/mol. The molecule has 1 atom stereocenters. The van der Waals surface area contributed by atoms with E-state index in [4.69, 9.17) is 4.74 Å². The lowest BCUT2D eigenvalue weighted by Gasteiger charge is -2.20. The number of rotatable bonds is 8. The lowest BCUT2D eigenvalue weighted by atomic mass is 10.0. The molecule has 0 aromatic heterocycles. The first-order valence-corrected chi connectivity index (χ1v) is 8.56. The van der Waals surface area contributed by atoms with E-state index < -0.39 is 23.6 Å². The molecular weight excluding hydrogens is 336 g/mol. The number of carbonyl (C=O) groups excluding carboxylic acids is 3. The molecule has 0 aliphatic heterocycles. The van der Waals surface area contributed by atoms with Gasteiger partial charge in [-0.2, -0.15) is 0 Å². The molecule has 0 heterocycles. The summed E-state index contributed by atoms with van der Waals surface area (Å²) in [5.74, 6) is -0.790. The topological polar surface area (TPSA) is 93.7 Å². The molecule has 7 nitrogen and oxygen atoms in total. The van der Waals surface area contributed by atoms with Gasteiger partial charge in [0.2, 0.25) is 5.91 Å². The van der Waals surface area contributed by atoms with Crippen LogP contribution in [-0.2, 0) is 25.5 Å². The van der Waals surface area contributed by atoms with Crippen molar-refractivity contribution in [2.24, 2.45) is 0 Å². The molecule has 0 fully saturated rings. The summed E-state index contributed by atoms with van der Waals surface area (Å²) in [5.41, 5.74) is 0.479. The Bertz CT molecular complexity index is 596. The fourth-order valence-electron chi connectivity index (χ4n) is 2.24. The smallest absolute Gasteiger partial charge is 0.408 e. The van der Waals surface area contributed by atoms with E-state index in [-0.39, 0.29) is 19.0 Å². The molecular formula is C19H28N2O5. The Kier molecular flexibility index (Phi) is 8.61. The monoisotopic (exact) mass is 364 g/mol. The Balaban J connectivity index is 2.51. The first kappa shape index (κ1) is 21.5. The highest BCUT2D eigenvalue weighted by molar-refractivity contribution is 5.83. The summed E-state index contributed by atoms with van der Waals surface area (Å²) >= 11 is 0. The maximum absolute atomic E-state index is 12.1. The van der Waals surface area contributed by atoms with Crippen molar-refractivity contribution in [2.75, 3.05) is 13.7 Å². The van der Waals surface area contributed by atoms with Gasteiger partial charge in [0.25, 0.3) is 0 Å². The SMILES string of the molecule is COC(=O)C[C@@H](CCc1ccccc1)NC(=O)CNC(=O)OC(C)(C)C. The molecule has 7 heteroatoms. The Morgan fingerprint density at radius 1 is 1.12 bits per heavy atom. The number of amides is 2. The van der Waals surface area contributed by atoms with Crippen LogP contribution in [0, 0.1) is 0 Å². The number of esters is 1. The molecule has 26 heavy (non-hydrogen) atoms. The molecule has 0 radical (unpaired) electrons. The Hall–Kier alpha value is -2.57. The van der Waals surface area contributed by atoms with E-state index in [1.165, 1.54) is 7.11 Å². The zero-order valence-electron chi connectivity index (χ0n) is 15.8. The molecule has 0 saturated carbocycles. The van der Waals surface area contributed by atoms with Gasteiger partial charge < -0.3 is 20.1 Å². The van der Waals surface area contributed by atoms with Crippen LogP contribution in [0.3, 0.4) is 0 Å². The van der Waals surface area contributed by atoms with Gasteiger partial charge in [0, 0.05) is 6.04 Å². The largest absolute Gasteiger partial charge is 0.469 e. The molecule has 2 N–H and O–H groups in total. The minimum Gasteiger partial charge on any atom is -0.469 e. The van der Waals surface area contributed by atoms with Crippen LogP contribution in [0.2, 0.25) is 0 Å². The van der Waals surface area contributed by atoms with E-state index in [0.717, 1.165) is 5.56 Å². The average molecular weight is 364 g/mol. The molecule has 0 unspecified atom stereocenters.